The van der Waals surface area contributed by atoms with Gasteiger partial charge in [-0.1, -0.05) is 30.3 Å². The van der Waals surface area contributed by atoms with Crippen LogP contribution in [0.3, 0.4) is 0 Å². The highest BCUT2D eigenvalue weighted by atomic mass is 16.4. The molecule has 0 amide bonds. The Bertz CT molecular complexity index is 372. The number of hydrogen-bond acceptors (Lipinski definition) is 2. The van der Waals surface area contributed by atoms with E-state index in [9.17, 15) is 4.79 Å². The van der Waals surface area contributed by atoms with Crippen LogP contribution in [0.15, 0.2) is 35.3 Å². The highest BCUT2D eigenvalue weighted by molar-refractivity contribution is 5.76. The van der Waals surface area contributed by atoms with E-state index in [0.717, 1.165) is 5.56 Å². The van der Waals surface area contributed by atoms with Gasteiger partial charge in [0, 0.05) is 0 Å². The Morgan fingerprint density at radius 1 is 1.31 bits per heavy atom. The van der Waals surface area contributed by atoms with Gasteiger partial charge in [-0.25, -0.2) is 0 Å². The number of guanidine groups is 1. The highest BCUT2D eigenvalue weighted by Gasteiger charge is 2.17. The van der Waals surface area contributed by atoms with Crippen LogP contribution >= 0.6 is 0 Å². The number of carboxylic acids is 1. The molecule has 0 aliphatic rings. The number of nitrogens with zero attached hydrogens (tertiary/aromatic N) is 1. The van der Waals surface area contributed by atoms with Crippen molar-refractivity contribution in [3.05, 3.63) is 35.9 Å². The smallest absolute Gasteiger partial charge is 0.308 e. The second-order valence-corrected chi connectivity index (χ2v) is 3.49. The summed E-state index contributed by atoms with van der Waals surface area (Å²) in [7, 11) is 0. The number of carboxylic acid groups (broad SMARTS) is 1. The minimum Gasteiger partial charge on any atom is -0.481 e. The average molecular weight is 221 g/mol. The number of aliphatic imine (C=N–C) groups is 1. The summed E-state index contributed by atoms with van der Waals surface area (Å²) in [5.74, 6) is -1.57. The minimum absolute atomic E-state index is 0.0840. The molecule has 1 rings (SSSR count). The van der Waals surface area contributed by atoms with Crippen LogP contribution in [-0.2, 0) is 11.2 Å². The molecule has 16 heavy (non-hydrogen) atoms. The van der Waals surface area contributed by atoms with Crippen LogP contribution in [0.4, 0.5) is 0 Å². The predicted octanol–water partition coefficient (Wildman–Crippen LogP) is 0.203. The summed E-state index contributed by atoms with van der Waals surface area (Å²) in [5.41, 5.74) is 11.3. The molecule has 0 radical (unpaired) electrons. The van der Waals surface area contributed by atoms with Crippen molar-refractivity contribution >= 4 is 11.9 Å². The first-order valence-electron chi connectivity index (χ1n) is 4.91. The van der Waals surface area contributed by atoms with Crippen LogP contribution in [0.25, 0.3) is 0 Å². The topological polar surface area (TPSA) is 102 Å². The molecule has 1 atom stereocenters. The molecular weight excluding hydrogens is 206 g/mol. The number of hydrogen-bond donors (Lipinski definition) is 3. The maximum atomic E-state index is 11.0. The minimum atomic E-state index is -0.895. The summed E-state index contributed by atoms with van der Waals surface area (Å²) in [6, 6.07) is 9.38. The van der Waals surface area contributed by atoms with Crippen LogP contribution in [0.5, 0.6) is 0 Å². The first-order chi connectivity index (χ1) is 7.59. The molecule has 0 saturated heterocycles. The lowest BCUT2D eigenvalue weighted by Crippen LogP contribution is -2.26. The fraction of sp³-hybridized carbons (Fsp3) is 0.273. The van der Waals surface area contributed by atoms with Crippen molar-refractivity contribution in [1.82, 2.24) is 0 Å². The second kappa shape index (κ2) is 5.75. The Morgan fingerprint density at radius 2 is 1.94 bits per heavy atom. The third kappa shape index (κ3) is 4.00. The van der Waals surface area contributed by atoms with Crippen molar-refractivity contribution in [2.45, 2.75) is 6.42 Å². The van der Waals surface area contributed by atoms with Crippen molar-refractivity contribution in [1.29, 1.82) is 0 Å². The number of nitrogens with two attached hydrogens (primary N) is 2. The van der Waals surface area contributed by atoms with Crippen LogP contribution in [-0.4, -0.2) is 23.6 Å². The van der Waals surface area contributed by atoms with Gasteiger partial charge in [-0.05, 0) is 12.0 Å². The molecule has 0 bridgehead atoms. The number of benzene rings is 1. The summed E-state index contributed by atoms with van der Waals surface area (Å²) in [4.78, 5) is 14.7. The molecule has 1 aromatic carbocycles. The van der Waals surface area contributed by atoms with E-state index in [-0.39, 0.29) is 12.5 Å². The molecular formula is C11H15N3O2. The third-order valence-electron chi connectivity index (χ3n) is 2.17. The Kier molecular flexibility index (Phi) is 4.32. The van der Waals surface area contributed by atoms with E-state index in [2.05, 4.69) is 4.99 Å². The molecule has 1 unspecified atom stereocenters. The zero-order valence-corrected chi connectivity index (χ0v) is 8.84. The van der Waals surface area contributed by atoms with Crippen molar-refractivity contribution in [3.8, 4) is 0 Å². The summed E-state index contributed by atoms with van der Waals surface area (Å²) in [6.07, 6.45) is 0.424. The Balaban J connectivity index is 2.66. The monoisotopic (exact) mass is 221 g/mol. The zero-order valence-electron chi connectivity index (χ0n) is 8.84. The molecule has 0 aliphatic heterocycles. The van der Waals surface area contributed by atoms with Gasteiger partial charge in [0.25, 0.3) is 0 Å². The predicted molar refractivity (Wildman–Crippen MR) is 61.9 cm³/mol. The SMILES string of the molecule is NC(N)=NCC(Cc1ccccc1)C(=O)O. The Hall–Kier alpha value is -2.04. The number of aliphatic carboxylic acids is 1. The second-order valence-electron chi connectivity index (χ2n) is 3.49. The van der Waals surface area contributed by atoms with Crippen molar-refractivity contribution in [3.63, 3.8) is 0 Å². The summed E-state index contributed by atoms with van der Waals surface area (Å²) >= 11 is 0. The van der Waals surface area contributed by atoms with E-state index in [4.69, 9.17) is 16.6 Å². The lowest BCUT2D eigenvalue weighted by Gasteiger charge is -2.09. The third-order valence-corrected chi connectivity index (χ3v) is 2.17. The van der Waals surface area contributed by atoms with E-state index >= 15 is 0 Å². The summed E-state index contributed by atoms with van der Waals surface area (Å²) in [6.45, 7) is 0.104. The van der Waals surface area contributed by atoms with Crippen molar-refractivity contribution in [2.75, 3.05) is 6.54 Å². The van der Waals surface area contributed by atoms with Gasteiger partial charge < -0.3 is 16.6 Å². The van der Waals surface area contributed by atoms with E-state index in [1.54, 1.807) is 0 Å². The fourth-order valence-electron chi connectivity index (χ4n) is 1.34. The fourth-order valence-corrected chi connectivity index (χ4v) is 1.34. The highest BCUT2D eigenvalue weighted by Crippen LogP contribution is 2.09. The lowest BCUT2D eigenvalue weighted by atomic mass is 10.00. The molecule has 5 nitrogen and oxygen atoms in total. The van der Waals surface area contributed by atoms with Gasteiger partial charge in [-0.15, -0.1) is 0 Å². The van der Waals surface area contributed by atoms with Gasteiger partial charge in [0.05, 0.1) is 12.5 Å². The quantitative estimate of drug-likeness (QED) is 0.488. The molecule has 0 fully saturated rings. The van der Waals surface area contributed by atoms with E-state index < -0.39 is 11.9 Å². The van der Waals surface area contributed by atoms with Crippen LogP contribution in [0, 0.1) is 5.92 Å². The number of carbonyl (C=O) groups is 1. The largest absolute Gasteiger partial charge is 0.481 e. The Labute approximate surface area is 93.8 Å². The average Bonchev–Trinajstić information content (AvgIpc) is 2.25. The van der Waals surface area contributed by atoms with Crippen molar-refractivity contribution in [2.24, 2.45) is 22.4 Å². The van der Waals surface area contributed by atoms with Gasteiger partial charge in [-0.2, -0.15) is 0 Å². The summed E-state index contributed by atoms with van der Waals surface area (Å²) in [5, 5.41) is 9.00. The Morgan fingerprint density at radius 3 is 2.44 bits per heavy atom. The maximum Gasteiger partial charge on any atom is 0.308 e. The summed E-state index contributed by atoms with van der Waals surface area (Å²) < 4.78 is 0. The molecule has 0 heterocycles. The van der Waals surface area contributed by atoms with Gasteiger partial charge >= 0.3 is 5.97 Å². The van der Waals surface area contributed by atoms with E-state index in [1.165, 1.54) is 0 Å². The lowest BCUT2D eigenvalue weighted by molar-refractivity contribution is -0.141. The molecule has 1 aromatic rings. The first kappa shape index (κ1) is 12.0. The van der Waals surface area contributed by atoms with Gasteiger partial charge in [0.15, 0.2) is 5.96 Å². The van der Waals surface area contributed by atoms with E-state index in [1.807, 2.05) is 30.3 Å². The van der Waals surface area contributed by atoms with Crippen molar-refractivity contribution < 1.29 is 9.90 Å². The standard InChI is InChI=1S/C11H15N3O2/c12-11(13)14-7-9(10(15)16)6-8-4-2-1-3-5-8/h1-5,9H,6-7H2,(H,15,16)(H4,12,13,14). The molecule has 5 heteroatoms. The van der Waals surface area contributed by atoms with E-state index in [0.29, 0.717) is 6.42 Å². The molecule has 0 saturated carbocycles. The van der Waals surface area contributed by atoms with Crippen LogP contribution in [0.2, 0.25) is 0 Å². The van der Waals surface area contributed by atoms with Gasteiger partial charge in [-0.3, -0.25) is 9.79 Å². The maximum absolute atomic E-state index is 11.0. The molecule has 5 N–H and O–H groups in total. The molecule has 0 spiro atoms. The first-order valence-corrected chi connectivity index (χ1v) is 4.91. The van der Waals surface area contributed by atoms with Crippen LogP contribution in [0.1, 0.15) is 5.56 Å². The molecule has 0 aromatic heterocycles. The number of rotatable bonds is 5. The molecule has 0 aliphatic carbocycles. The normalized spacial score (nSPS) is 11.8. The van der Waals surface area contributed by atoms with Crippen LogP contribution < -0.4 is 11.5 Å². The van der Waals surface area contributed by atoms with Gasteiger partial charge in [0.2, 0.25) is 0 Å². The van der Waals surface area contributed by atoms with Gasteiger partial charge in [0.1, 0.15) is 0 Å². The molecule has 86 valence electrons. The zero-order chi connectivity index (χ0) is 12.0.